The van der Waals surface area contributed by atoms with Crippen molar-refractivity contribution in [2.75, 3.05) is 6.54 Å². The Hall–Kier alpha value is -1.16. The fourth-order valence-corrected chi connectivity index (χ4v) is 1.37. The molecule has 1 aromatic rings. The molecule has 0 aliphatic heterocycles. The number of carbonyl (C=O) groups excluding carboxylic acids is 1. The van der Waals surface area contributed by atoms with Gasteiger partial charge in [-0.1, -0.05) is 13.0 Å². The Bertz CT molecular complexity index is 378. The highest BCUT2D eigenvalue weighted by Gasteiger charge is 2.13. The molecule has 0 aliphatic rings. The summed E-state index contributed by atoms with van der Waals surface area (Å²) in [5, 5.41) is 2.37. The first-order valence-corrected chi connectivity index (χ1v) is 5.82. The van der Waals surface area contributed by atoms with Crippen LogP contribution in [0.4, 0.5) is 8.78 Å². The van der Waals surface area contributed by atoms with Crippen molar-refractivity contribution in [3.05, 3.63) is 35.4 Å². The van der Waals surface area contributed by atoms with E-state index in [-0.39, 0.29) is 17.4 Å². The summed E-state index contributed by atoms with van der Waals surface area (Å²) in [6.07, 6.45) is 0.404. The number of amides is 1. The second-order valence-corrected chi connectivity index (χ2v) is 4.30. The minimum absolute atomic E-state index is 0.163. The summed E-state index contributed by atoms with van der Waals surface area (Å²) in [5.74, 6) is -1.86. The van der Waals surface area contributed by atoms with E-state index in [2.05, 4.69) is 5.32 Å². The van der Waals surface area contributed by atoms with Gasteiger partial charge in [-0.3, -0.25) is 4.79 Å². The number of alkyl halides is 1. The van der Waals surface area contributed by atoms with E-state index in [4.69, 9.17) is 11.6 Å². The number of halogens is 3. The van der Waals surface area contributed by atoms with E-state index in [1.54, 1.807) is 0 Å². The molecule has 17 heavy (non-hydrogen) atoms. The summed E-state index contributed by atoms with van der Waals surface area (Å²) < 4.78 is 26.5. The Balaban J connectivity index is 2.56. The van der Waals surface area contributed by atoms with Crippen molar-refractivity contribution in [3.8, 4) is 0 Å². The molecule has 1 rings (SSSR count). The monoisotopic (exact) mass is 261 g/mol. The van der Waals surface area contributed by atoms with Crippen LogP contribution in [0, 0.1) is 11.6 Å². The smallest absolute Gasteiger partial charge is 0.224 e. The lowest BCUT2D eigenvalue weighted by Gasteiger charge is -2.09. The van der Waals surface area contributed by atoms with Crippen LogP contribution >= 0.6 is 11.6 Å². The number of hydrogen-bond donors (Lipinski definition) is 1. The molecule has 0 saturated heterocycles. The Morgan fingerprint density at radius 3 is 2.53 bits per heavy atom. The molecule has 0 radical (unpaired) electrons. The van der Waals surface area contributed by atoms with Crippen molar-refractivity contribution in [1.29, 1.82) is 0 Å². The molecule has 2 nitrogen and oxygen atoms in total. The summed E-state index contributed by atoms with van der Waals surface area (Å²) >= 11 is 5.81. The summed E-state index contributed by atoms with van der Waals surface area (Å²) in [7, 11) is 0. The highest BCUT2D eigenvalue weighted by Crippen LogP contribution is 2.12. The molecule has 1 N–H and O–H groups in total. The average Bonchev–Trinajstić information content (AvgIpc) is 2.31. The van der Waals surface area contributed by atoms with Gasteiger partial charge in [-0.15, -0.1) is 11.6 Å². The van der Waals surface area contributed by atoms with Crippen LogP contribution in [0.5, 0.6) is 0 Å². The van der Waals surface area contributed by atoms with Crippen LogP contribution in [0.15, 0.2) is 18.2 Å². The van der Waals surface area contributed by atoms with Gasteiger partial charge in [-0.2, -0.15) is 0 Å². The lowest BCUT2D eigenvalue weighted by molar-refractivity contribution is -0.120. The molecule has 5 heteroatoms. The van der Waals surface area contributed by atoms with Gasteiger partial charge in [0.05, 0.1) is 11.8 Å². The van der Waals surface area contributed by atoms with Crippen molar-refractivity contribution in [2.24, 2.45) is 0 Å². The Kier molecular flexibility index (Phi) is 5.35. The molecule has 0 saturated carbocycles. The minimum Gasteiger partial charge on any atom is -0.354 e. The van der Waals surface area contributed by atoms with E-state index in [9.17, 15) is 13.6 Å². The van der Waals surface area contributed by atoms with Crippen molar-refractivity contribution in [3.63, 3.8) is 0 Å². The molecule has 94 valence electrons. The fourth-order valence-electron chi connectivity index (χ4n) is 1.29. The van der Waals surface area contributed by atoms with Gasteiger partial charge >= 0.3 is 0 Å². The predicted molar refractivity (Wildman–Crippen MR) is 63.0 cm³/mol. The van der Waals surface area contributed by atoms with Crippen LogP contribution in [-0.4, -0.2) is 17.8 Å². The third-order valence-electron chi connectivity index (χ3n) is 2.36. The number of benzene rings is 1. The Morgan fingerprint density at radius 2 is 2.00 bits per heavy atom. The standard InChI is InChI=1S/C12H14ClF2NO/c1-2-8(13)7-16-12(17)6-9-10(14)4-3-5-11(9)15/h3-5,8H,2,6-7H2,1H3,(H,16,17). The maximum absolute atomic E-state index is 13.2. The molecule has 0 spiro atoms. The summed E-state index contributed by atoms with van der Waals surface area (Å²) in [6.45, 7) is 2.19. The third kappa shape index (κ3) is 4.30. The van der Waals surface area contributed by atoms with Crippen LogP contribution < -0.4 is 5.32 Å². The van der Waals surface area contributed by atoms with Crippen molar-refractivity contribution in [1.82, 2.24) is 5.32 Å². The zero-order valence-corrected chi connectivity index (χ0v) is 10.2. The topological polar surface area (TPSA) is 29.1 Å². The highest BCUT2D eigenvalue weighted by atomic mass is 35.5. The minimum atomic E-state index is -0.710. The van der Waals surface area contributed by atoms with Gasteiger partial charge in [-0.05, 0) is 18.6 Å². The third-order valence-corrected chi connectivity index (χ3v) is 2.83. The quantitative estimate of drug-likeness (QED) is 0.811. The first-order valence-electron chi connectivity index (χ1n) is 5.38. The van der Waals surface area contributed by atoms with Gasteiger partial charge in [0.15, 0.2) is 0 Å². The molecule has 0 heterocycles. The van der Waals surface area contributed by atoms with E-state index in [0.29, 0.717) is 6.54 Å². The van der Waals surface area contributed by atoms with E-state index < -0.39 is 17.5 Å². The predicted octanol–water partition coefficient (Wildman–Crippen LogP) is 2.64. The number of nitrogens with one attached hydrogen (secondary N) is 1. The molecule has 1 aromatic carbocycles. The Labute approximate surface area is 104 Å². The van der Waals surface area contributed by atoms with Gasteiger partial charge in [0.1, 0.15) is 11.6 Å². The first kappa shape index (κ1) is 13.9. The van der Waals surface area contributed by atoms with Crippen LogP contribution in [0.3, 0.4) is 0 Å². The molecule has 1 amide bonds. The van der Waals surface area contributed by atoms with Crippen LogP contribution in [0.1, 0.15) is 18.9 Å². The maximum Gasteiger partial charge on any atom is 0.224 e. The molecular formula is C12H14ClF2NO. The number of carbonyl (C=O) groups is 1. The van der Waals surface area contributed by atoms with E-state index in [0.717, 1.165) is 18.6 Å². The second kappa shape index (κ2) is 6.55. The van der Waals surface area contributed by atoms with Gasteiger partial charge < -0.3 is 5.32 Å². The number of rotatable bonds is 5. The SMILES string of the molecule is CCC(Cl)CNC(=O)Cc1c(F)cccc1F. The average molecular weight is 262 g/mol. The number of hydrogen-bond acceptors (Lipinski definition) is 1. The molecular weight excluding hydrogens is 248 g/mol. The lowest BCUT2D eigenvalue weighted by atomic mass is 10.1. The summed E-state index contributed by atoms with van der Waals surface area (Å²) in [5.41, 5.74) is -0.215. The van der Waals surface area contributed by atoms with Crippen LogP contribution in [-0.2, 0) is 11.2 Å². The molecule has 1 atom stereocenters. The maximum atomic E-state index is 13.2. The van der Waals surface area contributed by atoms with Gasteiger partial charge in [0, 0.05) is 12.1 Å². The van der Waals surface area contributed by atoms with Gasteiger partial charge in [0.2, 0.25) is 5.91 Å². The van der Waals surface area contributed by atoms with Gasteiger partial charge in [0.25, 0.3) is 0 Å². The van der Waals surface area contributed by atoms with Gasteiger partial charge in [-0.25, -0.2) is 8.78 Å². The summed E-state index contributed by atoms with van der Waals surface area (Å²) in [4.78, 5) is 11.4. The lowest BCUT2D eigenvalue weighted by Crippen LogP contribution is -2.31. The first-order chi connectivity index (χ1) is 8.04. The van der Waals surface area contributed by atoms with E-state index >= 15 is 0 Å². The van der Waals surface area contributed by atoms with E-state index in [1.165, 1.54) is 6.07 Å². The van der Waals surface area contributed by atoms with E-state index in [1.807, 2.05) is 6.92 Å². The normalized spacial score (nSPS) is 12.2. The largest absolute Gasteiger partial charge is 0.354 e. The molecule has 0 aliphatic carbocycles. The van der Waals surface area contributed by atoms with Crippen molar-refractivity contribution < 1.29 is 13.6 Å². The highest BCUT2D eigenvalue weighted by molar-refractivity contribution is 6.20. The Morgan fingerprint density at radius 1 is 1.41 bits per heavy atom. The van der Waals surface area contributed by atoms with Crippen LogP contribution in [0.25, 0.3) is 0 Å². The zero-order chi connectivity index (χ0) is 12.8. The summed E-state index contributed by atoms with van der Waals surface area (Å²) in [6, 6.07) is 3.52. The van der Waals surface area contributed by atoms with Crippen molar-refractivity contribution >= 4 is 17.5 Å². The molecule has 1 unspecified atom stereocenters. The molecule has 0 bridgehead atoms. The molecule has 0 aromatic heterocycles. The van der Waals surface area contributed by atoms with Crippen LogP contribution in [0.2, 0.25) is 0 Å². The fraction of sp³-hybridized carbons (Fsp3) is 0.417. The van der Waals surface area contributed by atoms with Crippen molar-refractivity contribution in [2.45, 2.75) is 25.1 Å². The zero-order valence-electron chi connectivity index (χ0n) is 9.47. The molecule has 0 fully saturated rings. The second-order valence-electron chi connectivity index (χ2n) is 3.69.